The van der Waals surface area contributed by atoms with E-state index in [2.05, 4.69) is 57.4 Å². The number of benzene rings is 2. The van der Waals surface area contributed by atoms with Crippen LogP contribution in [-0.2, 0) is 14.3 Å². The summed E-state index contributed by atoms with van der Waals surface area (Å²) in [5.41, 5.74) is 0.619. The normalized spacial score (nSPS) is 15.4. The number of likely N-dealkylation sites (N-methyl/N-ethyl adjacent to an activating group) is 1. The molecule has 2 aromatic carbocycles. The lowest BCUT2D eigenvalue weighted by molar-refractivity contribution is -0.143. The Morgan fingerprint density at radius 2 is 1.38 bits per heavy atom. The second-order valence-electron chi connectivity index (χ2n) is 11.4. The SMILES string of the molecule is CCCCCCCCCCCCCCOC1C(=O)N(C(C(=O)Nc2cc(I)cc(I)c2)C(=O)c2ccc(OC)cc2)C(=O)N1C. The largest absolute Gasteiger partial charge is 0.497 e. The molecule has 4 amide bonds. The van der Waals surface area contributed by atoms with Crippen LogP contribution in [0.15, 0.2) is 42.5 Å². The van der Waals surface area contributed by atoms with E-state index in [1.165, 1.54) is 84.1 Å². The molecule has 1 N–H and O–H groups in total. The van der Waals surface area contributed by atoms with Crippen LogP contribution in [0.1, 0.15) is 94.3 Å². The first-order valence-electron chi connectivity index (χ1n) is 15.8. The third kappa shape index (κ3) is 11.2. The lowest BCUT2D eigenvalue weighted by Crippen LogP contribution is -2.52. The van der Waals surface area contributed by atoms with E-state index in [1.54, 1.807) is 24.3 Å². The van der Waals surface area contributed by atoms with Gasteiger partial charge in [-0.2, -0.15) is 0 Å². The van der Waals surface area contributed by atoms with Gasteiger partial charge in [0.2, 0.25) is 6.23 Å². The molecule has 1 heterocycles. The van der Waals surface area contributed by atoms with Crippen LogP contribution in [-0.4, -0.2) is 66.5 Å². The Hall–Kier alpha value is -2.26. The van der Waals surface area contributed by atoms with Gasteiger partial charge in [0, 0.05) is 32.0 Å². The average Bonchev–Trinajstić information content (AvgIpc) is 3.21. The molecule has 2 aromatic rings. The molecule has 9 nitrogen and oxygen atoms in total. The number of ether oxygens (including phenoxy) is 2. The van der Waals surface area contributed by atoms with E-state index < -0.39 is 35.9 Å². The summed E-state index contributed by atoms with van der Waals surface area (Å²) in [6.07, 6.45) is 13.2. The van der Waals surface area contributed by atoms with Gasteiger partial charge in [-0.05, 0) is 94.1 Å². The minimum Gasteiger partial charge on any atom is -0.497 e. The first-order valence-corrected chi connectivity index (χ1v) is 18.0. The molecule has 0 saturated carbocycles. The number of halogens is 2. The predicted molar refractivity (Wildman–Crippen MR) is 192 cm³/mol. The predicted octanol–water partition coefficient (Wildman–Crippen LogP) is 8.03. The smallest absolute Gasteiger partial charge is 0.330 e. The standard InChI is InChI=1S/C34H45I2N3O6/c1-4-5-6-7-8-9-10-11-12-13-14-15-20-45-33-32(42)39(34(43)38(33)2)29(30(40)24-16-18-28(44-3)19-17-24)31(41)37-27-22-25(35)21-26(36)23-27/h16-19,21-23,29,33H,4-15,20H2,1-3H3,(H,37,41). The lowest BCUT2D eigenvalue weighted by atomic mass is 10.0. The van der Waals surface area contributed by atoms with E-state index in [0.29, 0.717) is 18.0 Å². The molecule has 1 aliphatic rings. The van der Waals surface area contributed by atoms with Crippen LogP contribution in [0.25, 0.3) is 0 Å². The zero-order valence-corrected chi connectivity index (χ0v) is 30.8. The highest BCUT2D eigenvalue weighted by molar-refractivity contribution is 14.1. The van der Waals surface area contributed by atoms with Crippen molar-refractivity contribution >= 4 is 74.5 Å². The summed E-state index contributed by atoms with van der Waals surface area (Å²) in [4.78, 5) is 56.3. The Kier molecular flexibility index (Phi) is 16.0. The number of rotatable bonds is 20. The Bertz CT molecular complexity index is 1270. The van der Waals surface area contributed by atoms with Crippen molar-refractivity contribution in [1.29, 1.82) is 0 Å². The van der Waals surface area contributed by atoms with Crippen molar-refractivity contribution in [3.05, 3.63) is 55.2 Å². The molecule has 246 valence electrons. The second kappa shape index (κ2) is 19.4. The van der Waals surface area contributed by atoms with E-state index >= 15 is 0 Å². The molecule has 0 radical (unpaired) electrons. The fourth-order valence-electron chi connectivity index (χ4n) is 5.31. The summed E-state index contributed by atoms with van der Waals surface area (Å²) in [6.45, 7) is 2.53. The quantitative estimate of drug-likeness (QED) is 0.0476. The van der Waals surface area contributed by atoms with Gasteiger partial charge in [0.25, 0.3) is 11.8 Å². The molecule has 0 spiro atoms. The van der Waals surface area contributed by atoms with Gasteiger partial charge in [0.05, 0.1) is 7.11 Å². The number of carbonyl (C=O) groups is 4. The number of unbranched alkanes of at least 4 members (excludes halogenated alkanes) is 11. The van der Waals surface area contributed by atoms with Crippen LogP contribution in [0.5, 0.6) is 5.75 Å². The fraction of sp³-hybridized carbons (Fsp3) is 0.529. The summed E-state index contributed by atoms with van der Waals surface area (Å²) < 4.78 is 12.8. The first kappa shape index (κ1) is 37.2. The van der Waals surface area contributed by atoms with Gasteiger partial charge in [0.15, 0.2) is 11.8 Å². The van der Waals surface area contributed by atoms with Crippen molar-refractivity contribution in [1.82, 2.24) is 9.80 Å². The van der Waals surface area contributed by atoms with E-state index in [1.807, 2.05) is 6.07 Å². The fourth-order valence-corrected chi connectivity index (χ4v) is 7.25. The van der Waals surface area contributed by atoms with Gasteiger partial charge in [-0.25, -0.2) is 9.69 Å². The summed E-state index contributed by atoms with van der Waals surface area (Å²) in [5.74, 6) is -1.68. The molecule has 1 aliphatic heterocycles. The highest BCUT2D eigenvalue weighted by atomic mass is 127. The number of Topliss-reactive ketones (excluding diaryl/α,β-unsaturated/α-hetero) is 1. The molecule has 45 heavy (non-hydrogen) atoms. The number of hydrogen-bond donors (Lipinski definition) is 1. The Balaban J connectivity index is 1.61. The van der Waals surface area contributed by atoms with Crippen LogP contribution >= 0.6 is 45.2 Å². The molecular formula is C34H45I2N3O6. The molecule has 2 unspecified atom stereocenters. The van der Waals surface area contributed by atoms with E-state index in [9.17, 15) is 19.2 Å². The van der Waals surface area contributed by atoms with Crippen LogP contribution in [0.2, 0.25) is 0 Å². The summed E-state index contributed by atoms with van der Waals surface area (Å²) >= 11 is 4.26. The van der Waals surface area contributed by atoms with Crippen LogP contribution in [0.3, 0.4) is 0 Å². The van der Waals surface area contributed by atoms with Crippen molar-refractivity contribution in [2.75, 3.05) is 26.1 Å². The maximum absolute atomic E-state index is 13.8. The third-order valence-corrected chi connectivity index (χ3v) is 9.09. The van der Waals surface area contributed by atoms with Gasteiger partial charge >= 0.3 is 6.03 Å². The maximum Gasteiger partial charge on any atom is 0.330 e. The topological polar surface area (TPSA) is 105 Å². The summed E-state index contributed by atoms with van der Waals surface area (Å²) in [5, 5.41) is 2.74. The molecular weight excluding hydrogens is 800 g/mol. The number of imide groups is 1. The van der Waals surface area contributed by atoms with Crippen LogP contribution in [0, 0.1) is 7.14 Å². The van der Waals surface area contributed by atoms with Crippen molar-refractivity contribution in [3.8, 4) is 5.75 Å². The number of carbonyl (C=O) groups excluding carboxylic acids is 4. The number of urea groups is 1. The molecule has 2 atom stereocenters. The van der Waals surface area contributed by atoms with E-state index in [4.69, 9.17) is 9.47 Å². The van der Waals surface area contributed by atoms with E-state index in [-0.39, 0.29) is 5.56 Å². The van der Waals surface area contributed by atoms with Crippen molar-refractivity contribution in [2.45, 2.75) is 96.2 Å². The second-order valence-corrected chi connectivity index (χ2v) is 13.8. The zero-order valence-electron chi connectivity index (χ0n) is 26.5. The highest BCUT2D eigenvalue weighted by Gasteiger charge is 2.51. The number of nitrogens with zero attached hydrogens (tertiary/aromatic N) is 2. The van der Waals surface area contributed by atoms with Gasteiger partial charge < -0.3 is 14.8 Å². The lowest BCUT2D eigenvalue weighted by Gasteiger charge is -2.24. The van der Waals surface area contributed by atoms with Gasteiger partial charge in [-0.1, -0.05) is 77.6 Å². The number of ketones is 1. The van der Waals surface area contributed by atoms with Gasteiger partial charge in [0.1, 0.15) is 5.75 Å². The number of anilines is 1. The Morgan fingerprint density at radius 1 is 0.844 bits per heavy atom. The van der Waals surface area contributed by atoms with Crippen molar-refractivity contribution in [3.63, 3.8) is 0 Å². The molecule has 0 bridgehead atoms. The average molecular weight is 846 g/mol. The molecule has 3 rings (SSSR count). The Morgan fingerprint density at radius 3 is 1.91 bits per heavy atom. The minimum absolute atomic E-state index is 0.164. The third-order valence-electron chi connectivity index (χ3n) is 7.84. The van der Waals surface area contributed by atoms with E-state index in [0.717, 1.165) is 36.2 Å². The first-order chi connectivity index (χ1) is 21.7. The van der Waals surface area contributed by atoms with Crippen LogP contribution in [0.4, 0.5) is 10.5 Å². The molecule has 1 fully saturated rings. The number of amides is 4. The minimum atomic E-state index is -1.73. The number of methoxy groups -OCH3 is 1. The number of nitrogens with one attached hydrogen (secondary N) is 1. The van der Waals surface area contributed by atoms with Gasteiger partial charge in [-0.15, -0.1) is 0 Å². The summed E-state index contributed by atoms with van der Waals surface area (Å²) in [6, 6.07) is 9.12. The van der Waals surface area contributed by atoms with Crippen molar-refractivity contribution in [2.24, 2.45) is 0 Å². The zero-order chi connectivity index (χ0) is 32.8. The molecule has 11 heteroatoms. The highest BCUT2D eigenvalue weighted by Crippen LogP contribution is 2.25. The molecule has 0 aliphatic carbocycles. The van der Waals surface area contributed by atoms with Crippen LogP contribution < -0.4 is 10.1 Å². The number of hydrogen-bond acceptors (Lipinski definition) is 6. The monoisotopic (exact) mass is 845 g/mol. The maximum atomic E-state index is 13.8. The molecule has 1 saturated heterocycles. The Labute approximate surface area is 294 Å². The summed E-state index contributed by atoms with van der Waals surface area (Å²) in [7, 11) is 2.95. The van der Waals surface area contributed by atoms with Crippen molar-refractivity contribution < 1.29 is 28.7 Å². The van der Waals surface area contributed by atoms with Gasteiger partial charge in [-0.3, -0.25) is 19.3 Å². The molecule has 0 aromatic heterocycles.